The monoisotopic (exact) mass is 241 g/mol. The van der Waals surface area contributed by atoms with E-state index in [1.165, 1.54) is 18.2 Å². The van der Waals surface area contributed by atoms with Crippen molar-refractivity contribution in [3.63, 3.8) is 0 Å². The first-order valence-corrected chi connectivity index (χ1v) is 5.88. The lowest BCUT2D eigenvalue weighted by Crippen LogP contribution is -2.44. The molecule has 2 atom stereocenters. The summed E-state index contributed by atoms with van der Waals surface area (Å²) in [4.78, 5) is 0. The minimum atomic E-state index is -0.774. The van der Waals surface area contributed by atoms with E-state index in [-0.39, 0.29) is 5.56 Å². The molecule has 2 unspecified atom stereocenters. The molecule has 0 saturated carbocycles. The van der Waals surface area contributed by atoms with Gasteiger partial charge in [0.2, 0.25) is 0 Å². The Morgan fingerprint density at radius 2 is 1.94 bits per heavy atom. The van der Waals surface area contributed by atoms with Gasteiger partial charge in [-0.25, -0.2) is 8.78 Å². The predicted octanol–water partition coefficient (Wildman–Crippen LogP) is 2.92. The van der Waals surface area contributed by atoms with E-state index in [1.807, 2.05) is 6.92 Å². The van der Waals surface area contributed by atoms with E-state index < -0.39 is 23.3 Å². The Balaban J connectivity index is 2.32. The van der Waals surface area contributed by atoms with Crippen molar-refractivity contribution >= 4 is 0 Å². The highest BCUT2D eigenvalue weighted by atomic mass is 19.1. The van der Waals surface area contributed by atoms with Gasteiger partial charge in [0.15, 0.2) is 0 Å². The van der Waals surface area contributed by atoms with E-state index in [0.29, 0.717) is 6.61 Å². The van der Waals surface area contributed by atoms with Gasteiger partial charge in [0.05, 0.1) is 11.6 Å². The van der Waals surface area contributed by atoms with Crippen LogP contribution in [-0.4, -0.2) is 12.2 Å². The standard InChI is InChI=1S/C13H17F2NO/c1-13(7-2-3-8-17-13)12(16)11-9(14)5-4-6-10(11)15/h4-6,12H,2-3,7-8,16H2,1H3. The number of hydrogen-bond acceptors (Lipinski definition) is 2. The molecule has 1 aliphatic heterocycles. The third-order valence-electron chi connectivity index (χ3n) is 3.47. The van der Waals surface area contributed by atoms with Crippen LogP contribution in [0.15, 0.2) is 18.2 Å². The molecule has 1 aliphatic rings. The SMILES string of the molecule is CC1(C(N)c2c(F)cccc2F)CCCCO1. The number of ether oxygens (including phenoxy) is 1. The molecule has 2 N–H and O–H groups in total. The summed E-state index contributed by atoms with van der Waals surface area (Å²) < 4.78 is 32.9. The fraction of sp³-hybridized carbons (Fsp3) is 0.538. The first kappa shape index (κ1) is 12.5. The maximum atomic E-state index is 13.7. The smallest absolute Gasteiger partial charge is 0.131 e. The molecule has 2 nitrogen and oxygen atoms in total. The van der Waals surface area contributed by atoms with Crippen LogP contribution in [0.3, 0.4) is 0 Å². The number of hydrogen-bond donors (Lipinski definition) is 1. The second-order valence-corrected chi connectivity index (χ2v) is 4.73. The summed E-state index contributed by atoms with van der Waals surface area (Å²) in [5, 5.41) is 0. The predicted molar refractivity (Wildman–Crippen MR) is 61.5 cm³/mol. The Bertz CT molecular complexity index is 382. The number of rotatable bonds is 2. The van der Waals surface area contributed by atoms with Gasteiger partial charge in [0.1, 0.15) is 11.6 Å². The van der Waals surface area contributed by atoms with Crippen LogP contribution in [0.5, 0.6) is 0 Å². The second-order valence-electron chi connectivity index (χ2n) is 4.73. The van der Waals surface area contributed by atoms with Crippen molar-refractivity contribution in [2.45, 2.75) is 37.8 Å². The number of nitrogens with two attached hydrogens (primary N) is 1. The Morgan fingerprint density at radius 3 is 2.47 bits per heavy atom. The molecule has 4 heteroatoms. The summed E-state index contributed by atoms with van der Waals surface area (Å²) in [5.74, 6) is -1.21. The Morgan fingerprint density at radius 1 is 1.29 bits per heavy atom. The molecule has 1 aromatic carbocycles. The van der Waals surface area contributed by atoms with Crippen molar-refractivity contribution < 1.29 is 13.5 Å². The van der Waals surface area contributed by atoms with Crippen molar-refractivity contribution in [1.29, 1.82) is 0 Å². The Hall–Kier alpha value is -1.00. The van der Waals surface area contributed by atoms with Gasteiger partial charge in [-0.2, -0.15) is 0 Å². The van der Waals surface area contributed by atoms with Crippen molar-refractivity contribution in [2.75, 3.05) is 6.61 Å². The zero-order chi connectivity index (χ0) is 12.5. The average Bonchev–Trinajstić information content (AvgIpc) is 2.29. The molecule has 94 valence electrons. The average molecular weight is 241 g/mol. The van der Waals surface area contributed by atoms with E-state index in [1.54, 1.807) is 0 Å². The van der Waals surface area contributed by atoms with E-state index in [9.17, 15) is 8.78 Å². The molecule has 0 bridgehead atoms. The third-order valence-corrected chi connectivity index (χ3v) is 3.47. The summed E-state index contributed by atoms with van der Waals surface area (Å²) in [6.45, 7) is 2.42. The van der Waals surface area contributed by atoms with E-state index in [4.69, 9.17) is 10.5 Å². The van der Waals surface area contributed by atoms with Gasteiger partial charge >= 0.3 is 0 Å². The van der Waals surface area contributed by atoms with Gasteiger partial charge < -0.3 is 10.5 Å². The second kappa shape index (κ2) is 4.70. The summed E-state index contributed by atoms with van der Waals surface area (Å²) >= 11 is 0. The lowest BCUT2D eigenvalue weighted by Gasteiger charge is -2.39. The molecule has 17 heavy (non-hydrogen) atoms. The van der Waals surface area contributed by atoms with E-state index in [2.05, 4.69) is 0 Å². The highest BCUT2D eigenvalue weighted by molar-refractivity contribution is 5.25. The van der Waals surface area contributed by atoms with Crippen LogP contribution in [0.1, 0.15) is 37.8 Å². The molecule has 0 radical (unpaired) electrons. The quantitative estimate of drug-likeness (QED) is 0.864. The number of halogens is 2. The minimum Gasteiger partial charge on any atom is -0.373 e. The van der Waals surface area contributed by atoms with E-state index in [0.717, 1.165) is 19.3 Å². The first-order chi connectivity index (χ1) is 8.04. The van der Waals surface area contributed by atoms with Crippen LogP contribution >= 0.6 is 0 Å². The fourth-order valence-electron chi connectivity index (χ4n) is 2.31. The van der Waals surface area contributed by atoms with Gasteiger partial charge in [0.25, 0.3) is 0 Å². The van der Waals surface area contributed by atoms with Crippen molar-refractivity contribution in [2.24, 2.45) is 5.73 Å². The van der Waals surface area contributed by atoms with Gasteiger partial charge in [-0.05, 0) is 38.3 Å². The first-order valence-electron chi connectivity index (χ1n) is 5.88. The maximum Gasteiger partial charge on any atom is 0.131 e. The summed E-state index contributed by atoms with van der Waals surface area (Å²) in [6.07, 6.45) is 2.67. The van der Waals surface area contributed by atoms with Gasteiger partial charge in [0, 0.05) is 12.2 Å². The molecule has 0 spiro atoms. The van der Waals surface area contributed by atoms with Crippen LogP contribution in [0.2, 0.25) is 0 Å². The van der Waals surface area contributed by atoms with Crippen LogP contribution in [0.4, 0.5) is 8.78 Å². The highest BCUT2D eigenvalue weighted by Crippen LogP contribution is 2.36. The van der Waals surface area contributed by atoms with Crippen LogP contribution in [-0.2, 0) is 4.74 Å². The van der Waals surface area contributed by atoms with Crippen LogP contribution in [0.25, 0.3) is 0 Å². The van der Waals surface area contributed by atoms with Gasteiger partial charge in [-0.3, -0.25) is 0 Å². The zero-order valence-electron chi connectivity index (χ0n) is 9.88. The molecule has 0 aromatic heterocycles. The fourth-order valence-corrected chi connectivity index (χ4v) is 2.31. The lowest BCUT2D eigenvalue weighted by molar-refractivity contribution is -0.0832. The van der Waals surface area contributed by atoms with Crippen molar-refractivity contribution in [3.05, 3.63) is 35.4 Å². The molecule has 2 rings (SSSR count). The van der Waals surface area contributed by atoms with Crippen LogP contribution in [0, 0.1) is 11.6 Å². The highest BCUT2D eigenvalue weighted by Gasteiger charge is 2.38. The number of benzene rings is 1. The van der Waals surface area contributed by atoms with Gasteiger partial charge in [-0.1, -0.05) is 6.07 Å². The van der Waals surface area contributed by atoms with Gasteiger partial charge in [-0.15, -0.1) is 0 Å². The molecular weight excluding hydrogens is 224 g/mol. The molecule has 1 aromatic rings. The normalized spacial score (nSPS) is 26.8. The Labute approximate surface area is 99.8 Å². The maximum absolute atomic E-state index is 13.7. The molecule has 0 amide bonds. The largest absolute Gasteiger partial charge is 0.373 e. The third kappa shape index (κ3) is 2.33. The van der Waals surface area contributed by atoms with E-state index >= 15 is 0 Å². The van der Waals surface area contributed by atoms with Crippen molar-refractivity contribution in [3.8, 4) is 0 Å². The molecule has 1 fully saturated rings. The molecule has 0 aliphatic carbocycles. The van der Waals surface area contributed by atoms with Crippen LogP contribution < -0.4 is 5.73 Å². The van der Waals surface area contributed by atoms with Crippen molar-refractivity contribution in [1.82, 2.24) is 0 Å². The molecule has 1 heterocycles. The summed E-state index contributed by atoms with van der Waals surface area (Å²) in [5.41, 5.74) is 5.25. The minimum absolute atomic E-state index is 0.0723. The summed E-state index contributed by atoms with van der Waals surface area (Å²) in [6, 6.07) is 3.02. The molecule has 1 saturated heterocycles. The zero-order valence-corrected chi connectivity index (χ0v) is 9.88. The lowest BCUT2D eigenvalue weighted by atomic mass is 9.84. The molecular formula is C13H17F2NO. The topological polar surface area (TPSA) is 35.2 Å². The summed E-state index contributed by atoms with van der Waals surface area (Å²) in [7, 11) is 0. The Kier molecular flexibility index (Phi) is 3.45.